The number of rotatable bonds is 6. The fourth-order valence-corrected chi connectivity index (χ4v) is 1.42. The largest absolute Gasteiger partial charge is 0.382 e. The van der Waals surface area contributed by atoms with Crippen molar-refractivity contribution in [3.63, 3.8) is 0 Å². The Kier molecular flexibility index (Phi) is 5.59. The summed E-state index contributed by atoms with van der Waals surface area (Å²) >= 11 is 0. The topological polar surface area (TPSA) is 66.9 Å². The summed E-state index contributed by atoms with van der Waals surface area (Å²) in [6.45, 7) is 5.54. The molecular formula is C12H18F2N4O. The summed E-state index contributed by atoms with van der Waals surface area (Å²) in [7, 11) is 0. The predicted molar refractivity (Wildman–Crippen MR) is 68.6 cm³/mol. The van der Waals surface area contributed by atoms with Crippen LogP contribution < -0.4 is 10.6 Å². The number of halogens is 2. The molecule has 0 saturated heterocycles. The van der Waals surface area contributed by atoms with Crippen molar-refractivity contribution in [1.82, 2.24) is 15.3 Å². The van der Waals surface area contributed by atoms with Crippen LogP contribution in [0.15, 0.2) is 6.20 Å². The van der Waals surface area contributed by atoms with E-state index in [0.29, 0.717) is 18.1 Å². The van der Waals surface area contributed by atoms with Crippen molar-refractivity contribution >= 4 is 11.6 Å². The van der Waals surface area contributed by atoms with Crippen LogP contribution in [0.2, 0.25) is 0 Å². The normalized spacial score (nSPS) is 10.9. The first-order chi connectivity index (χ1) is 8.95. The van der Waals surface area contributed by atoms with Gasteiger partial charge in [0, 0.05) is 12.5 Å². The summed E-state index contributed by atoms with van der Waals surface area (Å²) in [4.78, 5) is 20.1. The molecule has 0 aromatic carbocycles. The van der Waals surface area contributed by atoms with Gasteiger partial charge in [0.15, 0.2) is 5.69 Å². The Bertz CT molecular complexity index is 438. The summed E-state index contributed by atoms with van der Waals surface area (Å²) < 4.78 is 24.2. The summed E-state index contributed by atoms with van der Waals surface area (Å²) in [6, 6.07) is 0. The molecule has 0 saturated carbocycles. The lowest BCUT2D eigenvalue weighted by molar-refractivity contribution is 0.0887. The van der Waals surface area contributed by atoms with Gasteiger partial charge in [-0.05, 0) is 6.92 Å². The highest BCUT2D eigenvalue weighted by Crippen LogP contribution is 2.16. The molecular weight excluding hydrogens is 254 g/mol. The average Bonchev–Trinajstić information content (AvgIpc) is 2.36. The summed E-state index contributed by atoms with van der Waals surface area (Å²) in [5.41, 5.74) is 0.542. The van der Waals surface area contributed by atoms with Gasteiger partial charge in [-0.25, -0.2) is 18.7 Å². The highest BCUT2D eigenvalue weighted by Gasteiger charge is 2.17. The Morgan fingerprint density at radius 1 is 1.42 bits per heavy atom. The van der Waals surface area contributed by atoms with Crippen LogP contribution in [0.3, 0.4) is 0 Å². The monoisotopic (exact) mass is 272 g/mol. The molecule has 0 fully saturated rings. The van der Waals surface area contributed by atoms with E-state index in [0.717, 1.165) is 0 Å². The maximum Gasteiger partial charge on any atom is 0.272 e. The van der Waals surface area contributed by atoms with Gasteiger partial charge in [-0.1, -0.05) is 13.8 Å². The molecule has 2 N–H and O–H groups in total. The quantitative estimate of drug-likeness (QED) is 0.831. The van der Waals surface area contributed by atoms with Gasteiger partial charge in [0.05, 0.1) is 18.4 Å². The van der Waals surface area contributed by atoms with E-state index >= 15 is 0 Å². The van der Waals surface area contributed by atoms with E-state index in [2.05, 4.69) is 20.6 Å². The number of aromatic nitrogens is 2. The van der Waals surface area contributed by atoms with E-state index in [1.165, 1.54) is 6.20 Å². The van der Waals surface area contributed by atoms with Gasteiger partial charge < -0.3 is 10.6 Å². The fourth-order valence-electron chi connectivity index (χ4n) is 1.42. The van der Waals surface area contributed by atoms with Crippen molar-refractivity contribution in [2.24, 2.45) is 0 Å². The molecule has 1 aromatic rings. The van der Waals surface area contributed by atoms with Crippen LogP contribution in [-0.2, 0) is 0 Å². The number of carbonyl (C=O) groups is 1. The lowest BCUT2D eigenvalue weighted by Gasteiger charge is -2.12. The molecule has 1 heterocycles. The van der Waals surface area contributed by atoms with E-state index in [1.54, 1.807) is 0 Å². The van der Waals surface area contributed by atoms with Crippen molar-refractivity contribution in [2.45, 2.75) is 33.1 Å². The van der Waals surface area contributed by atoms with Gasteiger partial charge in [-0.2, -0.15) is 0 Å². The van der Waals surface area contributed by atoms with E-state index in [4.69, 9.17) is 0 Å². The number of nitrogens with one attached hydrogen (secondary N) is 2. The van der Waals surface area contributed by atoms with Gasteiger partial charge >= 0.3 is 0 Å². The van der Waals surface area contributed by atoms with Crippen molar-refractivity contribution in [2.75, 3.05) is 18.4 Å². The number of nitrogens with zero attached hydrogens (tertiary/aromatic N) is 2. The van der Waals surface area contributed by atoms with Gasteiger partial charge in [0.1, 0.15) is 5.82 Å². The van der Waals surface area contributed by atoms with Gasteiger partial charge in [-0.3, -0.25) is 4.79 Å². The molecule has 0 unspecified atom stereocenters. The first kappa shape index (κ1) is 15.3. The maximum absolute atomic E-state index is 12.1. The first-order valence-corrected chi connectivity index (χ1v) is 6.12. The summed E-state index contributed by atoms with van der Waals surface area (Å²) in [5.74, 6) is -0.0678. The molecule has 1 rings (SSSR count). The number of carbonyl (C=O) groups excluding carboxylic acids is 1. The van der Waals surface area contributed by atoms with Crippen LogP contribution >= 0.6 is 0 Å². The smallest absolute Gasteiger partial charge is 0.272 e. The lowest BCUT2D eigenvalue weighted by atomic mass is 10.2. The number of alkyl halides is 2. The number of hydrogen-bond donors (Lipinski definition) is 2. The molecule has 106 valence electrons. The summed E-state index contributed by atoms with van der Waals surface area (Å²) in [5, 5.41) is 5.08. The van der Waals surface area contributed by atoms with Gasteiger partial charge in [0.25, 0.3) is 12.3 Å². The van der Waals surface area contributed by atoms with Gasteiger partial charge in [0.2, 0.25) is 0 Å². The number of hydrogen-bond acceptors (Lipinski definition) is 4. The molecule has 5 nitrogen and oxygen atoms in total. The molecule has 1 aromatic heterocycles. The number of anilines is 1. The zero-order valence-electron chi connectivity index (χ0n) is 11.2. The predicted octanol–water partition coefficient (Wildman–Crippen LogP) is 2.03. The zero-order valence-corrected chi connectivity index (χ0v) is 11.2. The third-order valence-corrected chi connectivity index (χ3v) is 2.32. The van der Waals surface area contributed by atoms with Crippen molar-refractivity contribution < 1.29 is 13.6 Å². The molecule has 0 atom stereocenters. The first-order valence-electron chi connectivity index (χ1n) is 6.12. The van der Waals surface area contributed by atoms with Crippen LogP contribution in [-0.4, -0.2) is 35.4 Å². The molecule has 0 radical (unpaired) electrons. The van der Waals surface area contributed by atoms with Crippen molar-refractivity contribution in [1.29, 1.82) is 0 Å². The van der Waals surface area contributed by atoms with Crippen molar-refractivity contribution in [3.05, 3.63) is 17.7 Å². The molecule has 0 aliphatic rings. The van der Waals surface area contributed by atoms with E-state index in [9.17, 15) is 13.6 Å². The fraction of sp³-hybridized carbons (Fsp3) is 0.583. The number of amides is 1. The Balaban J connectivity index is 2.99. The molecule has 19 heavy (non-hydrogen) atoms. The zero-order chi connectivity index (χ0) is 14.4. The van der Waals surface area contributed by atoms with Crippen molar-refractivity contribution in [3.8, 4) is 0 Å². The van der Waals surface area contributed by atoms with Gasteiger partial charge in [-0.15, -0.1) is 0 Å². The van der Waals surface area contributed by atoms with Crippen LogP contribution in [0, 0.1) is 0 Å². The second kappa shape index (κ2) is 6.96. The van der Waals surface area contributed by atoms with Crippen LogP contribution in [0.1, 0.15) is 43.0 Å². The molecule has 7 heteroatoms. The van der Waals surface area contributed by atoms with Crippen LogP contribution in [0.4, 0.5) is 14.5 Å². The van der Waals surface area contributed by atoms with E-state index in [-0.39, 0.29) is 11.6 Å². The highest BCUT2D eigenvalue weighted by molar-refractivity contribution is 5.97. The molecule has 0 aliphatic heterocycles. The third kappa shape index (κ3) is 4.42. The average molecular weight is 272 g/mol. The minimum Gasteiger partial charge on any atom is -0.382 e. The highest BCUT2D eigenvalue weighted by atomic mass is 19.3. The standard InChI is InChI=1S/C12H18F2N4O/c1-4-15-8-5-16-11(7(2)3)18-10(8)12(19)17-6-9(13)14/h5,7,9,15H,4,6H2,1-3H3,(H,17,19). The molecule has 1 amide bonds. The third-order valence-electron chi connectivity index (χ3n) is 2.32. The maximum atomic E-state index is 12.1. The second-order valence-electron chi connectivity index (χ2n) is 4.28. The minimum atomic E-state index is -2.59. The SMILES string of the molecule is CCNc1cnc(C(C)C)nc1C(=O)NCC(F)F. The Morgan fingerprint density at radius 2 is 2.11 bits per heavy atom. The molecule has 0 bridgehead atoms. The van der Waals surface area contributed by atoms with E-state index < -0.39 is 18.9 Å². The lowest BCUT2D eigenvalue weighted by Crippen LogP contribution is -2.30. The minimum absolute atomic E-state index is 0.0531. The Labute approximate surface area is 110 Å². The second-order valence-corrected chi connectivity index (χ2v) is 4.28. The van der Waals surface area contributed by atoms with Crippen LogP contribution in [0.25, 0.3) is 0 Å². The van der Waals surface area contributed by atoms with E-state index in [1.807, 2.05) is 20.8 Å². The Hall–Kier alpha value is -1.79. The molecule has 0 spiro atoms. The summed E-state index contributed by atoms with van der Waals surface area (Å²) in [6.07, 6.45) is -1.08. The molecule has 0 aliphatic carbocycles. The Morgan fingerprint density at radius 3 is 2.63 bits per heavy atom. The van der Waals surface area contributed by atoms with Crippen LogP contribution in [0.5, 0.6) is 0 Å².